The minimum Gasteiger partial charge on any atom is -0.368 e. The summed E-state index contributed by atoms with van der Waals surface area (Å²) in [5.74, 6) is -0.0779. The van der Waals surface area contributed by atoms with Gasteiger partial charge in [0.05, 0.1) is 0 Å². The summed E-state index contributed by atoms with van der Waals surface area (Å²) in [7, 11) is 0. The number of nitrogens with zero attached hydrogens (tertiary/aromatic N) is 1. The van der Waals surface area contributed by atoms with Crippen LogP contribution in [0.1, 0.15) is 31.7 Å². The lowest BCUT2D eigenvalue weighted by atomic mass is 9.99. The van der Waals surface area contributed by atoms with Crippen LogP contribution in [0.25, 0.3) is 0 Å². The number of hydrogen-bond acceptors (Lipinski definition) is 2. The first-order valence-electron chi connectivity index (χ1n) is 5.63. The van der Waals surface area contributed by atoms with Crippen LogP contribution in [-0.4, -0.2) is 18.9 Å². The van der Waals surface area contributed by atoms with Gasteiger partial charge in [-0.1, -0.05) is 0 Å². The van der Waals surface area contributed by atoms with Crippen molar-refractivity contribution in [2.24, 2.45) is 0 Å². The van der Waals surface area contributed by atoms with E-state index in [1.807, 2.05) is 6.07 Å². The summed E-state index contributed by atoms with van der Waals surface area (Å²) in [6, 6.07) is 5.24. The molecule has 0 saturated carbocycles. The summed E-state index contributed by atoms with van der Waals surface area (Å²) in [5.41, 5.74) is 2.05. The van der Waals surface area contributed by atoms with Crippen molar-refractivity contribution in [2.45, 2.75) is 32.2 Å². The van der Waals surface area contributed by atoms with Gasteiger partial charge in [0.15, 0.2) is 0 Å². The van der Waals surface area contributed by atoms with Crippen molar-refractivity contribution in [3.8, 4) is 0 Å². The summed E-state index contributed by atoms with van der Waals surface area (Å²) < 4.78 is 13.2. The van der Waals surface area contributed by atoms with E-state index < -0.39 is 0 Å². The third-order valence-electron chi connectivity index (χ3n) is 3.16. The van der Waals surface area contributed by atoms with Crippen LogP contribution in [0.5, 0.6) is 0 Å². The molecule has 0 spiro atoms. The summed E-state index contributed by atoms with van der Waals surface area (Å²) >= 11 is 0. The fourth-order valence-electron chi connectivity index (χ4n) is 2.35. The van der Waals surface area contributed by atoms with Gasteiger partial charge < -0.3 is 9.69 Å². The van der Waals surface area contributed by atoms with Crippen molar-refractivity contribution in [2.75, 3.05) is 11.4 Å². The van der Waals surface area contributed by atoms with Crippen molar-refractivity contribution in [1.82, 2.24) is 0 Å². The standard InChI is InChI=1S/C13H16FNO/c1-9(2)15-8-10(5-6-16)12-7-11(14)3-4-13(12)15/h3-4,6-7,9-10H,5,8H2,1-2H3. The number of fused-ring (bicyclic) bond motifs is 1. The highest BCUT2D eigenvalue weighted by Gasteiger charge is 2.29. The van der Waals surface area contributed by atoms with Crippen LogP contribution in [0.2, 0.25) is 0 Å². The highest BCUT2D eigenvalue weighted by atomic mass is 19.1. The van der Waals surface area contributed by atoms with E-state index in [1.54, 1.807) is 6.07 Å². The Morgan fingerprint density at radius 1 is 1.56 bits per heavy atom. The van der Waals surface area contributed by atoms with E-state index in [4.69, 9.17) is 0 Å². The molecule has 1 heterocycles. The fraction of sp³-hybridized carbons (Fsp3) is 0.462. The average molecular weight is 221 g/mol. The largest absolute Gasteiger partial charge is 0.368 e. The SMILES string of the molecule is CC(C)N1CC(CC=O)c2cc(F)ccc21. The number of aldehydes is 1. The quantitative estimate of drug-likeness (QED) is 0.731. The molecule has 86 valence electrons. The van der Waals surface area contributed by atoms with E-state index in [9.17, 15) is 9.18 Å². The van der Waals surface area contributed by atoms with Crippen molar-refractivity contribution < 1.29 is 9.18 Å². The van der Waals surface area contributed by atoms with Crippen LogP contribution < -0.4 is 4.90 Å². The first-order chi connectivity index (χ1) is 7.63. The molecule has 0 amide bonds. The van der Waals surface area contributed by atoms with Crippen LogP contribution in [0.4, 0.5) is 10.1 Å². The lowest BCUT2D eigenvalue weighted by molar-refractivity contribution is -0.108. The van der Waals surface area contributed by atoms with Gasteiger partial charge in [0.2, 0.25) is 0 Å². The summed E-state index contributed by atoms with van der Waals surface area (Å²) in [5, 5.41) is 0. The van der Waals surface area contributed by atoms with Crippen LogP contribution in [0.3, 0.4) is 0 Å². The van der Waals surface area contributed by atoms with Gasteiger partial charge in [-0.25, -0.2) is 4.39 Å². The highest BCUT2D eigenvalue weighted by molar-refractivity contribution is 5.64. The zero-order valence-corrected chi connectivity index (χ0v) is 9.61. The molecular formula is C13H16FNO. The maximum absolute atomic E-state index is 13.2. The normalized spacial score (nSPS) is 19.0. The monoisotopic (exact) mass is 221 g/mol. The molecule has 2 nitrogen and oxygen atoms in total. The lowest BCUT2D eigenvalue weighted by Crippen LogP contribution is -2.29. The molecule has 1 aliphatic heterocycles. The zero-order valence-electron chi connectivity index (χ0n) is 9.61. The molecule has 0 N–H and O–H groups in total. The van der Waals surface area contributed by atoms with E-state index in [2.05, 4.69) is 18.7 Å². The van der Waals surface area contributed by atoms with E-state index >= 15 is 0 Å². The van der Waals surface area contributed by atoms with Gasteiger partial charge in [0, 0.05) is 30.6 Å². The van der Waals surface area contributed by atoms with Gasteiger partial charge in [0.25, 0.3) is 0 Å². The molecule has 0 aliphatic carbocycles. The van der Waals surface area contributed by atoms with Gasteiger partial charge in [-0.15, -0.1) is 0 Å². The number of benzene rings is 1. The first kappa shape index (κ1) is 11.1. The lowest BCUT2D eigenvalue weighted by Gasteiger charge is -2.24. The molecule has 0 aromatic heterocycles. The zero-order chi connectivity index (χ0) is 11.7. The minimum atomic E-state index is -0.222. The Labute approximate surface area is 95.1 Å². The molecule has 2 rings (SSSR count). The van der Waals surface area contributed by atoms with Crippen molar-refractivity contribution in [1.29, 1.82) is 0 Å². The van der Waals surface area contributed by atoms with Crippen molar-refractivity contribution in [3.05, 3.63) is 29.6 Å². The van der Waals surface area contributed by atoms with Crippen LogP contribution in [0.15, 0.2) is 18.2 Å². The number of hydrogen-bond donors (Lipinski definition) is 0. The molecular weight excluding hydrogens is 205 g/mol. The summed E-state index contributed by atoms with van der Waals surface area (Å²) in [6.45, 7) is 5.03. The number of anilines is 1. The molecule has 1 aromatic rings. The Morgan fingerprint density at radius 2 is 2.31 bits per heavy atom. The Bertz CT molecular complexity index is 403. The van der Waals surface area contributed by atoms with Gasteiger partial charge in [-0.05, 0) is 37.6 Å². The molecule has 0 fully saturated rings. The van der Waals surface area contributed by atoms with E-state index in [-0.39, 0.29) is 11.7 Å². The topological polar surface area (TPSA) is 20.3 Å². The Hall–Kier alpha value is -1.38. The predicted octanol–water partition coefficient (Wildman–Crippen LogP) is 2.73. The van der Waals surface area contributed by atoms with Crippen LogP contribution in [0, 0.1) is 5.82 Å². The molecule has 1 aromatic carbocycles. The highest BCUT2D eigenvalue weighted by Crippen LogP contribution is 2.39. The summed E-state index contributed by atoms with van der Waals surface area (Å²) in [4.78, 5) is 12.8. The first-order valence-corrected chi connectivity index (χ1v) is 5.63. The number of carbonyl (C=O) groups excluding carboxylic acids is 1. The van der Waals surface area contributed by atoms with Gasteiger partial charge >= 0.3 is 0 Å². The molecule has 1 atom stereocenters. The number of halogens is 1. The van der Waals surface area contributed by atoms with Crippen molar-refractivity contribution in [3.63, 3.8) is 0 Å². The molecule has 0 bridgehead atoms. The van der Waals surface area contributed by atoms with Gasteiger partial charge in [0.1, 0.15) is 12.1 Å². The smallest absolute Gasteiger partial charge is 0.123 e. The minimum absolute atomic E-state index is 0.144. The molecule has 3 heteroatoms. The number of rotatable bonds is 3. The molecule has 1 aliphatic rings. The maximum atomic E-state index is 13.2. The van der Waals surface area contributed by atoms with Crippen LogP contribution >= 0.6 is 0 Å². The second-order valence-corrected chi connectivity index (χ2v) is 4.55. The second-order valence-electron chi connectivity index (χ2n) is 4.55. The van der Waals surface area contributed by atoms with E-state index in [0.29, 0.717) is 12.5 Å². The second kappa shape index (κ2) is 4.24. The van der Waals surface area contributed by atoms with E-state index in [1.165, 1.54) is 6.07 Å². The summed E-state index contributed by atoms with van der Waals surface area (Å²) in [6.07, 6.45) is 1.39. The van der Waals surface area contributed by atoms with Gasteiger partial charge in [-0.2, -0.15) is 0 Å². The molecule has 16 heavy (non-hydrogen) atoms. The fourth-order valence-corrected chi connectivity index (χ4v) is 2.35. The third-order valence-corrected chi connectivity index (χ3v) is 3.16. The van der Waals surface area contributed by atoms with Crippen LogP contribution in [-0.2, 0) is 4.79 Å². The molecule has 0 saturated heterocycles. The number of carbonyl (C=O) groups is 1. The maximum Gasteiger partial charge on any atom is 0.123 e. The van der Waals surface area contributed by atoms with Crippen molar-refractivity contribution >= 4 is 12.0 Å². The van der Waals surface area contributed by atoms with E-state index in [0.717, 1.165) is 24.1 Å². The third kappa shape index (κ3) is 1.82. The van der Waals surface area contributed by atoms with Gasteiger partial charge in [-0.3, -0.25) is 0 Å². The predicted molar refractivity (Wildman–Crippen MR) is 62.3 cm³/mol. The Kier molecular flexibility index (Phi) is 2.95. The Balaban J connectivity index is 2.40. The molecule has 1 unspecified atom stereocenters. The molecule has 0 radical (unpaired) electrons. The average Bonchev–Trinajstić information content (AvgIpc) is 2.58. The Morgan fingerprint density at radius 3 is 2.94 bits per heavy atom.